The Morgan fingerprint density at radius 3 is 2.38 bits per heavy atom. The number of halogens is 5. The molecule has 1 N–H and O–H groups in total. The van der Waals surface area contributed by atoms with E-state index in [1.807, 2.05) is 0 Å². The number of nitrogens with zero attached hydrogens (tertiary/aromatic N) is 3. The fourth-order valence-electron chi connectivity index (χ4n) is 4.81. The lowest BCUT2D eigenvalue weighted by molar-refractivity contribution is -0.120. The highest BCUT2D eigenvalue weighted by atomic mass is 35.5. The zero-order valence-corrected chi connectivity index (χ0v) is 21.5. The molecule has 13 heteroatoms. The Morgan fingerprint density at radius 2 is 1.79 bits per heavy atom. The Hall–Kier alpha value is -3.93. The van der Waals surface area contributed by atoms with E-state index >= 15 is 8.78 Å². The lowest BCUT2D eigenvalue weighted by Gasteiger charge is -2.25. The van der Waals surface area contributed by atoms with Gasteiger partial charge in [-0.25, -0.2) is 22.5 Å². The van der Waals surface area contributed by atoms with Crippen molar-refractivity contribution >= 4 is 29.1 Å². The van der Waals surface area contributed by atoms with Crippen molar-refractivity contribution in [1.82, 2.24) is 14.9 Å². The quantitative estimate of drug-likeness (QED) is 0.416. The molecule has 1 saturated heterocycles. The standard InChI is InChI=1S/C26H23ClF4N4O4/c1-13-22(23-18(28)7-16(39-2)8-19(23)29)17(9-33-24(36)14-3-5-15(27)6-4-14)25(37)35(13)20-10-32-12-34(26(20)38)11-21(30)31/h3-8,10,12-13,17,21-22H,9,11H2,1-2H3,(H,33,36)/t13-,17?,22-/m1/s1. The first-order valence-corrected chi connectivity index (χ1v) is 12.1. The van der Waals surface area contributed by atoms with E-state index in [2.05, 4.69) is 10.3 Å². The molecule has 1 aromatic heterocycles. The number of alkyl halides is 2. The molecule has 0 spiro atoms. The van der Waals surface area contributed by atoms with Crippen molar-refractivity contribution in [3.05, 3.63) is 87.1 Å². The molecule has 3 aromatic rings. The molecule has 8 nitrogen and oxygen atoms in total. The fraction of sp³-hybridized carbons (Fsp3) is 0.308. The van der Waals surface area contributed by atoms with Crippen LogP contribution in [0.2, 0.25) is 5.02 Å². The molecule has 1 aliphatic rings. The van der Waals surface area contributed by atoms with Crippen molar-refractivity contribution in [2.24, 2.45) is 5.92 Å². The maximum absolute atomic E-state index is 15.2. The topological polar surface area (TPSA) is 93.5 Å². The van der Waals surface area contributed by atoms with Crippen LogP contribution in [0.1, 0.15) is 28.8 Å². The summed E-state index contributed by atoms with van der Waals surface area (Å²) in [5, 5.41) is 3.00. The number of carbonyl (C=O) groups is 2. The number of aromatic nitrogens is 2. The van der Waals surface area contributed by atoms with E-state index in [0.29, 0.717) is 9.59 Å². The van der Waals surface area contributed by atoms with E-state index in [1.54, 1.807) is 0 Å². The molecule has 4 rings (SSSR count). The Labute approximate surface area is 225 Å². The summed E-state index contributed by atoms with van der Waals surface area (Å²) in [6.45, 7) is 0.167. The highest BCUT2D eigenvalue weighted by Crippen LogP contribution is 2.43. The van der Waals surface area contributed by atoms with Crippen LogP contribution in [0.4, 0.5) is 23.2 Å². The van der Waals surface area contributed by atoms with Crippen LogP contribution in [0.3, 0.4) is 0 Å². The van der Waals surface area contributed by atoms with E-state index < -0.39 is 65.4 Å². The van der Waals surface area contributed by atoms with Crippen molar-refractivity contribution < 1.29 is 31.9 Å². The molecular formula is C26H23ClF4N4O4. The van der Waals surface area contributed by atoms with E-state index in [1.165, 1.54) is 38.3 Å². The SMILES string of the molecule is COc1cc(F)c([C@H]2C(CNC(=O)c3ccc(Cl)cc3)C(=O)N(c3cncn(CC(F)F)c3=O)[C@@H]2C)c(F)c1. The number of hydrogen-bond acceptors (Lipinski definition) is 5. The lowest BCUT2D eigenvalue weighted by Crippen LogP contribution is -2.40. The Bertz CT molecular complexity index is 1430. The third-order valence-electron chi connectivity index (χ3n) is 6.60. The van der Waals surface area contributed by atoms with Crippen LogP contribution in [0.25, 0.3) is 0 Å². The van der Waals surface area contributed by atoms with Crippen LogP contribution in [0, 0.1) is 17.6 Å². The molecule has 0 radical (unpaired) electrons. The monoisotopic (exact) mass is 566 g/mol. The summed E-state index contributed by atoms with van der Waals surface area (Å²) in [5.41, 5.74) is -1.47. The number of rotatable bonds is 8. The highest BCUT2D eigenvalue weighted by Gasteiger charge is 2.50. The van der Waals surface area contributed by atoms with Gasteiger partial charge in [0.25, 0.3) is 17.9 Å². The summed E-state index contributed by atoms with van der Waals surface area (Å²) in [4.78, 5) is 44.2. The van der Waals surface area contributed by atoms with E-state index in [-0.39, 0.29) is 23.5 Å². The number of hydrogen-bond donors (Lipinski definition) is 1. The average molecular weight is 567 g/mol. The normalized spacial score (nSPS) is 19.0. The van der Waals surface area contributed by atoms with Gasteiger partial charge in [0.05, 0.1) is 32.1 Å². The smallest absolute Gasteiger partial charge is 0.277 e. The largest absolute Gasteiger partial charge is 0.497 e. The Morgan fingerprint density at radius 1 is 1.15 bits per heavy atom. The maximum Gasteiger partial charge on any atom is 0.277 e. The Balaban J connectivity index is 1.75. The maximum atomic E-state index is 15.2. The van der Waals surface area contributed by atoms with Crippen molar-refractivity contribution in [2.45, 2.75) is 31.9 Å². The van der Waals surface area contributed by atoms with Gasteiger partial charge in [0.2, 0.25) is 5.91 Å². The summed E-state index contributed by atoms with van der Waals surface area (Å²) >= 11 is 5.86. The molecule has 0 aliphatic carbocycles. The number of ether oxygens (including phenoxy) is 1. The number of amides is 2. The van der Waals surface area contributed by atoms with Gasteiger partial charge in [0.15, 0.2) is 0 Å². The lowest BCUT2D eigenvalue weighted by atomic mass is 9.83. The third-order valence-corrected chi connectivity index (χ3v) is 6.85. The van der Waals surface area contributed by atoms with Gasteiger partial charge in [-0.2, -0.15) is 0 Å². The second-order valence-electron chi connectivity index (χ2n) is 8.93. The van der Waals surface area contributed by atoms with Crippen molar-refractivity contribution in [3.8, 4) is 5.75 Å². The predicted molar refractivity (Wildman–Crippen MR) is 134 cm³/mol. The minimum absolute atomic E-state index is 0.0858. The van der Waals surface area contributed by atoms with Crippen molar-refractivity contribution in [2.75, 3.05) is 18.6 Å². The summed E-state index contributed by atoms with van der Waals surface area (Å²) in [7, 11) is 1.24. The van der Waals surface area contributed by atoms with Crippen molar-refractivity contribution in [3.63, 3.8) is 0 Å². The third kappa shape index (κ3) is 5.60. The summed E-state index contributed by atoms with van der Waals surface area (Å²) in [6, 6.07) is 6.82. The van der Waals surface area contributed by atoms with Gasteiger partial charge in [-0.05, 0) is 31.2 Å². The van der Waals surface area contributed by atoms with Gasteiger partial charge in [-0.1, -0.05) is 11.6 Å². The predicted octanol–water partition coefficient (Wildman–Crippen LogP) is 4.01. The van der Waals surface area contributed by atoms with Gasteiger partial charge < -0.3 is 15.0 Å². The van der Waals surface area contributed by atoms with Gasteiger partial charge >= 0.3 is 0 Å². The van der Waals surface area contributed by atoms with E-state index in [9.17, 15) is 23.2 Å². The van der Waals surface area contributed by atoms with Gasteiger partial charge in [-0.3, -0.25) is 19.0 Å². The van der Waals surface area contributed by atoms with Gasteiger partial charge in [0.1, 0.15) is 23.1 Å². The molecule has 2 aromatic carbocycles. The number of carbonyl (C=O) groups excluding carboxylic acids is 2. The fourth-order valence-corrected chi connectivity index (χ4v) is 4.94. The Kier molecular flexibility index (Phi) is 8.24. The summed E-state index contributed by atoms with van der Waals surface area (Å²) in [6.07, 6.45) is -0.920. The second-order valence-corrected chi connectivity index (χ2v) is 9.37. The molecule has 0 bridgehead atoms. The second kappa shape index (κ2) is 11.4. The first kappa shape index (κ1) is 28.1. The molecule has 2 amide bonds. The molecule has 1 unspecified atom stereocenters. The van der Waals surface area contributed by atoms with Crippen LogP contribution in [0.15, 0.2) is 53.7 Å². The first-order valence-electron chi connectivity index (χ1n) is 11.8. The molecule has 206 valence electrons. The molecule has 1 aliphatic heterocycles. The highest BCUT2D eigenvalue weighted by molar-refractivity contribution is 6.30. The zero-order valence-electron chi connectivity index (χ0n) is 20.7. The molecule has 39 heavy (non-hydrogen) atoms. The van der Waals surface area contributed by atoms with Gasteiger partial charge in [0, 0.05) is 46.8 Å². The number of benzene rings is 2. The van der Waals surface area contributed by atoms with Crippen LogP contribution < -0.4 is 20.5 Å². The van der Waals surface area contributed by atoms with Crippen LogP contribution >= 0.6 is 11.6 Å². The molecule has 3 atom stereocenters. The van der Waals surface area contributed by atoms with Crippen LogP contribution in [-0.4, -0.2) is 47.5 Å². The summed E-state index contributed by atoms with van der Waals surface area (Å²) < 4.78 is 62.0. The minimum Gasteiger partial charge on any atom is -0.497 e. The molecular weight excluding hydrogens is 544 g/mol. The minimum atomic E-state index is -2.86. The van der Waals surface area contributed by atoms with E-state index in [0.717, 1.165) is 29.6 Å². The van der Waals surface area contributed by atoms with Gasteiger partial charge in [-0.15, -0.1) is 0 Å². The van der Waals surface area contributed by atoms with Crippen LogP contribution in [-0.2, 0) is 11.3 Å². The van der Waals surface area contributed by atoms with E-state index in [4.69, 9.17) is 16.3 Å². The number of methoxy groups -OCH3 is 1. The average Bonchev–Trinajstić information content (AvgIpc) is 3.12. The van der Waals surface area contributed by atoms with Crippen molar-refractivity contribution in [1.29, 1.82) is 0 Å². The van der Waals surface area contributed by atoms with Crippen LogP contribution in [0.5, 0.6) is 5.75 Å². The molecule has 0 saturated carbocycles. The molecule has 2 heterocycles. The molecule has 1 fully saturated rings. The number of anilines is 1. The zero-order chi connectivity index (χ0) is 28.4. The summed E-state index contributed by atoms with van der Waals surface area (Å²) in [5.74, 6) is -5.79. The number of nitrogens with one attached hydrogen (secondary N) is 1. The first-order chi connectivity index (χ1) is 18.5.